The zero-order valence-electron chi connectivity index (χ0n) is 11.9. The van der Waals surface area contributed by atoms with E-state index in [2.05, 4.69) is 26.5 Å². The minimum Gasteiger partial charge on any atom is -0.492 e. The minimum atomic E-state index is -0.0323. The number of rotatable bonds is 6. The van der Waals surface area contributed by atoms with Gasteiger partial charge in [-0.05, 0) is 41.1 Å². The SMILES string of the molecule is Cc1nn(C)c(CC(COc2cccc(Cl)c2)NN)c1Br. The van der Waals surface area contributed by atoms with Gasteiger partial charge in [-0.15, -0.1) is 0 Å². The first-order valence-electron chi connectivity index (χ1n) is 6.53. The van der Waals surface area contributed by atoms with Crippen LogP contribution in [0, 0.1) is 6.92 Å². The first kappa shape index (κ1) is 16.3. The number of nitrogens with one attached hydrogen (secondary N) is 1. The molecule has 0 aliphatic carbocycles. The van der Waals surface area contributed by atoms with Crippen LogP contribution in [0.25, 0.3) is 0 Å². The summed E-state index contributed by atoms with van der Waals surface area (Å²) in [6, 6.07) is 7.27. The Hall–Kier alpha value is -1.08. The summed E-state index contributed by atoms with van der Waals surface area (Å²) in [4.78, 5) is 0. The first-order chi connectivity index (χ1) is 10.0. The van der Waals surface area contributed by atoms with Crippen molar-refractivity contribution in [1.82, 2.24) is 15.2 Å². The molecule has 0 spiro atoms. The predicted octanol–water partition coefficient (Wildman–Crippen LogP) is 2.60. The number of hydrogen-bond donors (Lipinski definition) is 2. The van der Waals surface area contributed by atoms with Crippen molar-refractivity contribution in [3.63, 3.8) is 0 Å². The third kappa shape index (κ3) is 4.20. The van der Waals surface area contributed by atoms with Crippen molar-refractivity contribution in [2.75, 3.05) is 6.61 Å². The van der Waals surface area contributed by atoms with Crippen molar-refractivity contribution >= 4 is 27.5 Å². The summed E-state index contributed by atoms with van der Waals surface area (Å²) in [6.07, 6.45) is 0.703. The molecule has 114 valence electrons. The van der Waals surface area contributed by atoms with Crippen molar-refractivity contribution < 1.29 is 4.74 Å². The van der Waals surface area contributed by atoms with Crippen LogP contribution in [0.4, 0.5) is 0 Å². The standard InChI is InChI=1S/C14H18BrClN4O/c1-9-14(15)13(20(2)19-9)7-11(18-17)8-21-12-5-3-4-10(16)6-12/h3-6,11,18H,7-8,17H2,1-2H3. The van der Waals surface area contributed by atoms with Crippen molar-refractivity contribution in [3.8, 4) is 5.75 Å². The molecule has 0 bridgehead atoms. The van der Waals surface area contributed by atoms with E-state index in [-0.39, 0.29) is 6.04 Å². The third-order valence-electron chi connectivity index (χ3n) is 3.18. The molecular formula is C14H18BrClN4O. The monoisotopic (exact) mass is 372 g/mol. The topological polar surface area (TPSA) is 65.1 Å². The van der Waals surface area contributed by atoms with Crippen molar-refractivity contribution in [2.45, 2.75) is 19.4 Å². The van der Waals surface area contributed by atoms with Gasteiger partial charge in [0.2, 0.25) is 0 Å². The molecule has 1 aromatic heterocycles. The molecule has 0 aliphatic heterocycles. The summed E-state index contributed by atoms with van der Waals surface area (Å²) in [7, 11) is 1.92. The van der Waals surface area contributed by atoms with Crippen molar-refractivity contribution in [2.24, 2.45) is 12.9 Å². The van der Waals surface area contributed by atoms with Gasteiger partial charge in [-0.1, -0.05) is 17.7 Å². The highest BCUT2D eigenvalue weighted by Gasteiger charge is 2.16. The third-order valence-corrected chi connectivity index (χ3v) is 4.45. The summed E-state index contributed by atoms with van der Waals surface area (Å²) < 4.78 is 8.58. The maximum absolute atomic E-state index is 5.93. The lowest BCUT2D eigenvalue weighted by Gasteiger charge is -2.17. The average Bonchev–Trinajstić information content (AvgIpc) is 2.69. The molecule has 3 N–H and O–H groups in total. The number of halogens is 2. The molecule has 1 atom stereocenters. The van der Waals surface area contributed by atoms with Crippen LogP contribution in [-0.2, 0) is 13.5 Å². The maximum atomic E-state index is 5.93. The number of hydrazine groups is 1. The van der Waals surface area contributed by atoms with Crippen LogP contribution >= 0.6 is 27.5 Å². The van der Waals surface area contributed by atoms with E-state index in [4.69, 9.17) is 22.2 Å². The number of aromatic nitrogens is 2. The van der Waals surface area contributed by atoms with Crippen LogP contribution in [0.3, 0.4) is 0 Å². The average molecular weight is 374 g/mol. The Labute approximate surface area is 137 Å². The Morgan fingerprint density at radius 2 is 2.29 bits per heavy atom. The molecule has 2 aromatic rings. The van der Waals surface area contributed by atoms with E-state index >= 15 is 0 Å². The Morgan fingerprint density at radius 3 is 2.86 bits per heavy atom. The van der Waals surface area contributed by atoms with Crippen LogP contribution in [0.2, 0.25) is 5.02 Å². The quantitative estimate of drug-likeness (QED) is 0.603. The highest BCUT2D eigenvalue weighted by molar-refractivity contribution is 9.10. The van der Waals surface area contributed by atoms with Crippen LogP contribution in [-0.4, -0.2) is 22.4 Å². The molecule has 7 heteroatoms. The fourth-order valence-electron chi connectivity index (χ4n) is 2.05. The second-order valence-electron chi connectivity index (χ2n) is 4.81. The Balaban J connectivity index is 2.00. The molecule has 0 saturated carbocycles. The maximum Gasteiger partial charge on any atom is 0.120 e. The molecule has 2 rings (SSSR count). The molecule has 0 saturated heterocycles. The Bertz CT molecular complexity index is 617. The zero-order chi connectivity index (χ0) is 15.4. The lowest BCUT2D eigenvalue weighted by Crippen LogP contribution is -2.41. The van der Waals surface area contributed by atoms with E-state index in [0.717, 1.165) is 21.6 Å². The summed E-state index contributed by atoms with van der Waals surface area (Å²) >= 11 is 9.48. The second-order valence-corrected chi connectivity index (χ2v) is 6.04. The van der Waals surface area contributed by atoms with Gasteiger partial charge in [0, 0.05) is 18.5 Å². The normalized spacial score (nSPS) is 12.4. The van der Waals surface area contributed by atoms with Gasteiger partial charge in [0.1, 0.15) is 12.4 Å². The molecule has 5 nitrogen and oxygen atoms in total. The summed E-state index contributed by atoms with van der Waals surface area (Å²) in [6.45, 7) is 2.40. The molecular weight excluding hydrogens is 356 g/mol. The largest absolute Gasteiger partial charge is 0.492 e. The fraction of sp³-hybridized carbons (Fsp3) is 0.357. The van der Waals surface area contributed by atoms with Crippen LogP contribution in [0.5, 0.6) is 5.75 Å². The lowest BCUT2D eigenvalue weighted by molar-refractivity contribution is 0.262. The van der Waals surface area contributed by atoms with Gasteiger partial charge in [0.25, 0.3) is 0 Å². The fourth-order valence-corrected chi connectivity index (χ4v) is 2.73. The van der Waals surface area contributed by atoms with Gasteiger partial charge in [-0.2, -0.15) is 5.10 Å². The molecule has 1 heterocycles. The first-order valence-corrected chi connectivity index (χ1v) is 7.70. The molecule has 1 aromatic carbocycles. The van der Waals surface area contributed by atoms with Gasteiger partial charge in [-0.3, -0.25) is 16.0 Å². The van der Waals surface area contributed by atoms with Crippen molar-refractivity contribution in [1.29, 1.82) is 0 Å². The van der Waals surface area contributed by atoms with E-state index in [9.17, 15) is 0 Å². The molecule has 0 amide bonds. The number of ether oxygens (including phenoxy) is 1. The highest BCUT2D eigenvalue weighted by Crippen LogP contribution is 2.22. The number of nitrogens with zero attached hydrogens (tertiary/aromatic N) is 2. The smallest absolute Gasteiger partial charge is 0.120 e. The molecule has 0 radical (unpaired) electrons. The number of benzene rings is 1. The molecule has 21 heavy (non-hydrogen) atoms. The highest BCUT2D eigenvalue weighted by atomic mass is 79.9. The Morgan fingerprint density at radius 1 is 1.52 bits per heavy atom. The number of nitrogens with two attached hydrogens (primary N) is 1. The zero-order valence-corrected chi connectivity index (χ0v) is 14.3. The van der Waals surface area contributed by atoms with Gasteiger partial charge in [0.15, 0.2) is 0 Å². The number of aryl methyl sites for hydroxylation is 2. The van der Waals surface area contributed by atoms with Gasteiger partial charge < -0.3 is 4.74 Å². The second kappa shape index (κ2) is 7.26. The summed E-state index contributed by atoms with van der Waals surface area (Å²) in [5, 5.41) is 5.02. The van der Waals surface area contributed by atoms with Crippen LogP contribution in [0.15, 0.2) is 28.7 Å². The Kier molecular flexibility index (Phi) is 5.64. The van der Waals surface area contributed by atoms with Gasteiger partial charge in [-0.25, -0.2) is 0 Å². The van der Waals surface area contributed by atoms with Gasteiger partial charge >= 0.3 is 0 Å². The number of hydrogen-bond acceptors (Lipinski definition) is 4. The summed E-state index contributed by atoms with van der Waals surface area (Å²) in [5.41, 5.74) is 4.81. The lowest BCUT2D eigenvalue weighted by atomic mass is 10.1. The predicted molar refractivity (Wildman–Crippen MR) is 87.4 cm³/mol. The van der Waals surface area contributed by atoms with Crippen LogP contribution in [0.1, 0.15) is 11.4 Å². The van der Waals surface area contributed by atoms with E-state index in [1.807, 2.05) is 36.9 Å². The van der Waals surface area contributed by atoms with E-state index < -0.39 is 0 Å². The summed E-state index contributed by atoms with van der Waals surface area (Å²) in [5.74, 6) is 6.35. The van der Waals surface area contributed by atoms with E-state index in [0.29, 0.717) is 18.1 Å². The van der Waals surface area contributed by atoms with Gasteiger partial charge in [0.05, 0.1) is 21.9 Å². The van der Waals surface area contributed by atoms with E-state index in [1.165, 1.54) is 0 Å². The molecule has 1 unspecified atom stereocenters. The molecule has 0 aliphatic rings. The van der Waals surface area contributed by atoms with Crippen molar-refractivity contribution in [3.05, 3.63) is 45.1 Å². The molecule has 0 fully saturated rings. The minimum absolute atomic E-state index is 0.0323. The van der Waals surface area contributed by atoms with Crippen LogP contribution < -0.4 is 16.0 Å². The van der Waals surface area contributed by atoms with E-state index in [1.54, 1.807) is 6.07 Å².